The molecule has 138 valence electrons. The zero-order chi connectivity index (χ0) is 18.1. The highest BCUT2D eigenvalue weighted by atomic mass is 32.2. The first kappa shape index (κ1) is 18.3. The molecule has 1 aliphatic heterocycles. The molecule has 0 atom stereocenters. The lowest BCUT2D eigenvalue weighted by molar-refractivity contribution is 0.0927. The number of nitrogens with two attached hydrogens (primary N) is 1. The predicted octanol–water partition coefficient (Wildman–Crippen LogP) is 0.0914. The van der Waals surface area contributed by atoms with Gasteiger partial charge in [0.05, 0.1) is 4.90 Å². The van der Waals surface area contributed by atoms with E-state index in [0.717, 1.165) is 45.6 Å². The minimum absolute atomic E-state index is 0.0118. The van der Waals surface area contributed by atoms with Crippen molar-refractivity contribution in [1.82, 2.24) is 15.1 Å². The van der Waals surface area contributed by atoms with E-state index in [-0.39, 0.29) is 16.2 Å². The van der Waals surface area contributed by atoms with Crippen molar-refractivity contribution < 1.29 is 13.2 Å². The van der Waals surface area contributed by atoms with Gasteiger partial charge in [0.1, 0.15) is 0 Å². The van der Waals surface area contributed by atoms with Gasteiger partial charge in [0.2, 0.25) is 10.0 Å². The molecule has 1 aromatic rings. The number of carbonyl (C=O) groups excluding carboxylic acids is 1. The van der Waals surface area contributed by atoms with E-state index >= 15 is 0 Å². The molecule has 1 heterocycles. The van der Waals surface area contributed by atoms with Gasteiger partial charge >= 0.3 is 0 Å². The van der Waals surface area contributed by atoms with Gasteiger partial charge < -0.3 is 15.1 Å². The normalized spacial score (nSPS) is 21.0. The second-order valence-electron chi connectivity index (χ2n) is 7.33. The van der Waals surface area contributed by atoms with Crippen molar-refractivity contribution in [3.05, 3.63) is 29.8 Å². The Morgan fingerprint density at radius 1 is 1.16 bits per heavy atom. The number of primary sulfonamides is 1. The molecule has 7 nitrogen and oxygen atoms in total. The number of hydrogen-bond acceptors (Lipinski definition) is 5. The molecule has 1 aromatic carbocycles. The zero-order valence-electron chi connectivity index (χ0n) is 14.6. The molecular weight excluding hydrogens is 340 g/mol. The average Bonchev–Trinajstić information content (AvgIpc) is 3.34. The van der Waals surface area contributed by atoms with Crippen LogP contribution in [0.25, 0.3) is 0 Å². The molecule has 1 saturated carbocycles. The Kier molecular flexibility index (Phi) is 5.15. The number of amides is 1. The first-order valence-corrected chi connectivity index (χ1v) is 10.1. The summed E-state index contributed by atoms with van der Waals surface area (Å²) in [6.45, 7) is 6.06. The number of rotatable bonds is 6. The third-order valence-corrected chi connectivity index (χ3v) is 6.11. The van der Waals surface area contributed by atoms with Crippen molar-refractivity contribution in [3.8, 4) is 0 Å². The van der Waals surface area contributed by atoms with Crippen LogP contribution in [0.5, 0.6) is 0 Å². The second-order valence-corrected chi connectivity index (χ2v) is 8.89. The highest BCUT2D eigenvalue weighted by Gasteiger charge is 2.44. The van der Waals surface area contributed by atoms with E-state index in [9.17, 15) is 13.2 Å². The second kappa shape index (κ2) is 7.03. The number of hydrogen-bond donors (Lipinski definition) is 2. The summed E-state index contributed by atoms with van der Waals surface area (Å²) >= 11 is 0. The lowest BCUT2D eigenvalue weighted by Crippen LogP contribution is -2.47. The van der Waals surface area contributed by atoms with Gasteiger partial charge in [0, 0.05) is 50.2 Å². The van der Waals surface area contributed by atoms with E-state index in [4.69, 9.17) is 5.14 Å². The molecule has 2 fully saturated rings. The number of carbonyl (C=O) groups is 1. The van der Waals surface area contributed by atoms with Crippen LogP contribution >= 0.6 is 0 Å². The van der Waals surface area contributed by atoms with Crippen molar-refractivity contribution in [2.75, 3.05) is 46.3 Å². The molecule has 3 N–H and O–H groups in total. The van der Waals surface area contributed by atoms with Crippen molar-refractivity contribution in [2.24, 2.45) is 10.6 Å². The monoisotopic (exact) mass is 366 g/mol. The van der Waals surface area contributed by atoms with Gasteiger partial charge in [-0.2, -0.15) is 0 Å². The lowest BCUT2D eigenvalue weighted by atomic mass is 10.1. The number of piperazine rings is 1. The SMILES string of the molecule is CN1CCN(CC2(CNC(=O)c3ccc(S(N)(=O)=O)cc3)CC2)CC1. The summed E-state index contributed by atoms with van der Waals surface area (Å²) in [5, 5.41) is 8.07. The van der Waals surface area contributed by atoms with Gasteiger partial charge in [-0.15, -0.1) is 0 Å². The van der Waals surface area contributed by atoms with Crippen LogP contribution in [0.15, 0.2) is 29.2 Å². The van der Waals surface area contributed by atoms with Crippen LogP contribution in [0.1, 0.15) is 23.2 Å². The number of sulfonamides is 1. The Hall–Kier alpha value is -1.48. The minimum atomic E-state index is -3.73. The summed E-state index contributed by atoms with van der Waals surface area (Å²) in [6, 6.07) is 5.72. The summed E-state index contributed by atoms with van der Waals surface area (Å²) in [4.78, 5) is 17.1. The molecule has 0 spiro atoms. The van der Waals surface area contributed by atoms with Crippen LogP contribution in [0.4, 0.5) is 0 Å². The van der Waals surface area contributed by atoms with Gasteiger partial charge in [-0.25, -0.2) is 13.6 Å². The van der Waals surface area contributed by atoms with Crippen LogP contribution < -0.4 is 10.5 Å². The molecule has 0 radical (unpaired) electrons. The summed E-state index contributed by atoms with van der Waals surface area (Å²) in [5.74, 6) is -0.175. The Labute approximate surface area is 149 Å². The standard InChI is InChI=1S/C17H26N4O3S/c1-20-8-10-21(11-9-20)13-17(6-7-17)12-19-16(22)14-2-4-15(5-3-14)25(18,23)24/h2-5H,6-13H2,1H3,(H,19,22)(H2,18,23,24). The van der Waals surface area contributed by atoms with E-state index in [1.54, 1.807) is 0 Å². The predicted molar refractivity (Wildman–Crippen MR) is 95.8 cm³/mol. The maximum atomic E-state index is 12.3. The Balaban J connectivity index is 1.52. The quantitative estimate of drug-likeness (QED) is 0.744. The molecule has 25 heavy (non-hydrogen) atoms. The molecule has 1 saturated heterocycles. The Morgan fingerprint density at radius 3 is 2.28 bits per heavy atom. The first-order valence-electron chi connectivity index (χ1n) is 8.59. The molecule has 0 bridgehead atoms. The van der Waals surface area contributed by atoms with Gasteiger partial charge in [-0.3, -0.25) is 4.79 Å². The maximum Gasteiger partial charge on any atom is 0.251 e. The van der Waals surface area contributed by atoms with Crippen LogP contribution in [0.3, 0.4) is 0 Å². The summed E-state index contributed by atoms with van der Waals surface area (Å²) in [5.41, 5.74) is 0.648. The first-order chi connectivity index (χ1) is 11.8. The largest absolute Gasteiger partial charge is 0.351 e. The van der Waals surface area contributed by atoms with Crippen molar-refractivity contribution in [1.29, 1.82) is 0 Å². The number of likely N-dealkylation sites (N-methyl/N-ethyl adjacent to an activating group) is 1. The topological polar surface area (TPSA) is 95.7 Å². The van der Waals surface area contributed by atoms with E-state index in [1.165, 1.54) is 24.3 Å². The smallest absolute Gasteiger partial charge is 0.251 e. The average molecular weight is 366 g/mol. The van der Waals surface area contributed by atoms with Crippen molar-refractivity contribution >= 4 is 15.9 Å². The molecule has 8 heteroatoms. The van der Waals surface area contributed by atoms with Crippen molar-refractivity contribution in [3.63, 3.8) is 0 Å². The van der Waals surface area contributed by atoms with Gasteiger partial charge in [-0.1, -0.05) is 0 Å². The fourth-order valence-electron chi connectivity index (χ4n) is 3.21. The lowest BCUT2D eigenvalue weighted by Gasteiger charge is -2.34. The minimum Gasteiger partial charge on any atom is -0.351 e. The van der Waals surface area contributed by atoms with Crippen molar-refractivity contribution in [2.45, 2.75) is 17.7 Å². The van der Waals surface area contributed by atoms with Gasteiger partial charge in [0.25, 0.3) is 5.91 Å². The highest BCUT2D eigenvalue weighted by molar-refractivity contribution is 7.89. The highest BCUT2D eigenvalue weighted by Crippen LogP contribution is 2.45. The van der Waals surface area contributed by atoms with E-state index in [2.05, 4.69) is 22.2 Å². The molecule has 1 aliphatic carbocycles. The third kappa shape index (κ3) is 4.78. The number of nitrogens with zero attached hydrogens (tertiary/aromatic N) is 2. The van der Waals surface area contributed by atoms with E-state index in [1.807, 2.05) is 0 Å². The van der Waals surface area contributed by atoms with Gasteiger partial charge in [0.15, 0.2) is 0 Å². The van der Waals surface area contributed by atoms with E-state index < -0.39 is 10.0 Å². The van der Waals surface area contributed by atoms with Gasteiger partial charge in [-0.05, 0) is 44.2 Å². The van der Waals surface area contributed by atoms with E-state index in [0.29, 0.717) is 12.1 Å². The Morgan fingerprint density at radius 2 is 1.76 bits per heavy atom. The number of benzene rings is 1. The van der Waals surface area contributed by atoms with Crippen LogP contribution in [-0.4, -0.2) is 70.4 Å². The Bertz CT molecular complexity index is 721. The third-order valence-electron chi connectivity index (χ3n) is 5.18. The number of nitrogens with one attached hydrogen (secondary N) is 1. The van der Waals surface area contributed by atoms with Crippen LogP contribution in [0.2, 0.25) is 0 Å². The van der Waals surface area contributed by atoms with Crippen LogP contribution in [-0.2, 0) is 10.0 Å². The summed E-state index contributed by atoms with van der Waals surface area (Å²) in [7, 11) is -1.59. The molecule has 3 rings (SSSR count). The summed E-state index contributed by atoms with van der Waals surface area (Å²) < 4.78 is 22.5. The molecular formula is C17H26N4O3S. The summed E-state index contributed by atoms with van der Waals surface area (Å²) in [6.07, 6.45) is 2.29. The maximum absolute atomic E-state index is 12.3. The zero-order valence-corrected chi connectivity index (χ0v) is 15.4. The molecule has 0 unspecified atom stereocenters. The molecule has 2 aliphatic rings. The molecule has 0 aromatic heterocycles. The molecule has 1 amide bonds. The van der Waals surface area contributed by atoms with Crippen LogP contribution in [0, 0.1) is 5.41 Å². The fourth-order valence-corrected chi connectivity index (χ4v) is 3.73. The fraction of sp³-hybridized carbons (Fsp3) is 0.588.